The van der Waals surface area contributed by atoms with Gasteiger partial charge in [0.25, 0.3) is 0 Å². The summed E-state index contributed by atoms with van der Waals surface area (Å²) in [5.74, 6) is 1.58. The monoisotopic (exact) mass is 323 g/mol. The summed E-state index contributed by atoms with van der Waals surface area (Å²) in [5, 5.41) is 3.38. The molecule has 1 aliphatic heterocycles. The maximum Gasteiger partial charge on any atom is 0.193 e. The van der Waals surface area contributed by atoms with Crippen LogP contribution in [0.1, 0.15) is 19.4 Å². The molecule has 2 rings (SSSR count). The zero-order chi connectivity index (χ0) is 16.5. The molecule has 2 unspecified atom stereocenters. The Morgan fingerprint density at radius 1 is 1.39 bits per heavy atom. The lowest BCUT2D eigenvalue weighted by atomic mass is 9.93. The van der Waals surface area contributed by atoms with Gasteiger partial charge in [0.15, 0.2) is 5.96 Å². The Labute approximate surface area is 138 Å². The molecule has 0 aromatic carbocycles. The number of imidazole rings is 1. The van der Waals surface area contributed by atoms with E-state index < -0.39 is 0 Å². The summed E-state index contributed by atoms with van der Waals surface area (Å²) in [7, 11) is 3.51. The van der Waals surface area contributed by atoms with Gasteiger partial charge in [-0.3, -0.25) is 4.99 Å². The highest BCUT2D eigenvalue weighted by Crippen LogP contribution is 2.27. The summed E-state index contributed by atoms with van der Waals surface area (Å²) in [4.78, 5) is 10.9. The summed E-state index contributed by atoms with van der Waals surface area (Å²) >= 11 is 0. The average Bonchev–Trinajstić information content (AvgIpc) is 3.09. The number of nitrogens with zero attached hydrogens (tertiary/aromatic N) is 4. The molecule has 0 saturated carbocycles. The third-order valence-electron chi connectivity index (χ3n) is 4.30. The molecule has 2 heterocycles. The number of rotatable bonds is 7. The van der Waals surface area contributed by atoms with Gasteiger partial charge in [0.1, 0.15) is 0 Å². The number of hydrogen-bond acceptors (Lipinski definition) is 4. The van der Waals surface area contributed by atoms with Gasteiger partial charge in [0, 0.05) is 46.2 Å². The molecule has 0 aliphatic carbocycles. The van der Waals surface area contributed by atoms with Crippen molar-refractivity contribution in [2.75, 3.05) is 53.6 Å². The van der Waals surface area contributed by atoms with E-state index in [2.05, 4.69) is 31.7 Å². The lowest BCUT2D eigenvalue weighted by Crippen LogP contribution is -2.49. The highest BCUT2D eigenvalue weighted by atomic mass is 16.5. The van der Waals surface area contributed by atoms with E-state index in [0.29, 0.717) is 31.8 Å². The molecule has 7 nitrogen and oxygen atoms in total. The summed E-state index contributed by atoms with van der Waals surface area (Å²) in [6.45, 7) is 6.93. The minimum absolute atomic E-state index is 0.433. The number of piperidine rings is 1. The van der Waals surface area contributed by atoms with E-state index in [1.54, 1.807) is 7.11 Å². The Hall–Kier alpha value is -1.60. The minimum Gasteiger partial charge on any atom is -0.382 e. The van der Waals surface area contributed by atoms with E-state index in [-0.39, 0.29) is 0 Å². The van der Waals surface area contributed by atoms with Crippen molar-refractivity contribution in [1.82, 2.24) is 19.8 Å². The van der Waals surface area contributed by atoms with Crippen LogP contribution in [-0.2, 0) is 9.47 Å². The van der Waals surface area contributed by atoms with Crippen LogP contribution >= 0.6 is 0 Å². The molecule has 0 spiro atoms. The summed E-state index contributed by atoms with van der Waals surface area (Å²) in [6.07, 6.45) is 6.94. The number of likely N-dealkylation sites (tertiary alicyclic amines) is 1. The number of guanidine groups is 1. The van der Waals surface area contributed by atoms with Crippen molar-refractivity contribution in [2.45, 2.75) is 19.4 Å². The summed E-state index contributed by atoms with van der Waals surface area (Å²) < 4.78 is 12.6. The minimum atomic E-state index is 0.433. The van der Waals surface area contributed by atoms with Crippen LogP contribution in [0.2, 0.25) is 0 Å². The Balaban J connectivity index is 1.81. The second-order valence-corrected chi connectivity index (χ2v) is 5.87. The van der Waals surface area contributed by atoms with Crippen molar-refractivity contribution in [3.05, 3.63) is 18.7 Å². The first kappa shape index (κ1) is 17.7. The molecule has 0 amide bonds. The van der Waals surface area contributed by atoms with Crippen LogP contribution in [0.5, 0.6) is 0 Å². The predicted molar refractivity (Wildman–Crippen MR) is 90.7 cm³/mol. The van der Waals surface area contributed by atoms with Gasteiger partial charge in [-0.05, 0) is 12.3 Å². The van der Waals surface area contributed by atoms with Crippen LogP contribution in [0.25, 0.3) is 0 Å². The molecule has 7 heteroatoms. The van der Waals surface area contributed by atoms with Crippen molar-refractivity contribution < 1.29 is 9.47 Å². The Kier molecular flexibility index (Phi) is 7.35. The smallest absolute Gasteiger partial charge is 0.193 e. The molecular weight excluding hydrogens is 294 g/mol. The number of ether oxygens (including phenoxy) is 2. The maximum absolute atomic E-state index is 5.48. The van der Waals surface area contributed by atoms with Crippen molar-refractivity contribution in [1.29, 1.82) is 0 Å². The van der Waals surface area contributed by atoms with Gasteiger partial charge in [-0.2, -0.15) is 0 Å². The quantitative estimate of drug-likeness (QED) is 0.461. The standard InChI is InChI=1S/C16H29N5O2/c1-14-4-7-20(12-15(14)21-8-5-18-13-21)16(17-2)19-6-9-23-11-10-22-3/h5,8,13-15H,4,6-7,9-12H2,1-3H3,(H,17,19). The first-order valence-electron chi connectivity index (χ1n) is 8.26. The molecule has 1 aliphatic rings. The van der Waals surface area contributed by atoms with Gasteiger partial charge in [0.05, 0.1) is 32.2 Å². The number of aliphatic imine (C=N–C) groups is 1. The molecule has 1 aromatic heterocycles. The summed E-state index contributed by atoms with van der Waals surface area (Å²) in [5.41, 5.74) is 0. The van der Waals surface area contributed by atoms with Crippen LogP contribution in [0, 0.1) is 5.92 Å². The van der Waals surface area contributed by atoms with Crippen molar-refractivity contribution in [3.63, 3.8) is 0 Å². The summed E-state index contributed by atoms with van der Waals surface area (Å²) in [6, 6.07) is 0.433. The second-order valence-electron chi connectivity index (χ2n) is 5.87. The molecule has 2 atom stereocenters. The Bertz CT molecular complexity index is 463. The van der Waals surface area contributed by atoms with Crippen molar-refractivity contribution in [2.24, 2.45) is 10.9 Å². The normalized spacial score (nSPS) is 22.4. The fourth-order valence-electron chi connectivity index (χ4n) is 2.91. The topological polar surface area (TPSA) is 63.9 Å². The van der Waals surface area contributed by atoms with E-state index in [9.17, 15) is 0 Å². The van der Waals surface area contributed by atoms with Crippen LogP contribution in [0.4, 0.5) is 0 Å². The number of nitrogens with one attached hydrogen (secondary N) is 1. The fraction of sp³-hybridized carbons (Fsp3) is 0.750. The number of methoxy groups -OCH3 is 1. The zero-order valence-corrected chi connectivity index (χ0v) is 14.4. The van der Waals surface area contributed by atoms with Crippen LogP contribution in [0.3, 0.4) is 0 Å². The predicted octanol–water partition coefficient (Wildman–Crippen LogP) is 1.00. The third kappa shape index (κ3) is 5.21. The Morgan fingerprint density at radius 2 is 2.26 bits per heavy atom. The van der Waals surface area contributed by atoms with E-state index in [4.69, 9.17) is 9.47 Å². The highest BCUT2D eigenvalue weighted by Gasteiger charge is 2.28. The maximum atomic E-state index is 5.48. The van der Waals surface area contributed by atoms with Crippen LogP contribution in [0.15, 0.2) is 23.7 Å². The second kappa shape index (κ2) is 9.52. The molecule has 130 valence electrons. The number of hydrogen-bond donors (Lipinski definition) is 1. The lowest BCUT2D eigenvalue weighted by Gasteiger charge is -2.39. The highest BCUT2D eigenvalue weighted by molar-refractivity contribution is 5.80. The van der Waals surface area contributed by atoms with E-state index in [0.717, 1.165) is 32.0 Å². The first-order chi connectivity index (χ1) is 11.3. The molecule has 1 aromatic rings. The lowest BCUT2D eigenvalue weighted by molar-refractivity contribution is 0.0729. The number of aromatic nitrogens is 2. The van der Waals surface area contributed by atoms with Crippen LogP contribution in [-0.4, -0.2) is 74.0 Å². The zero-order valence-electron chi connectivity index (χ0n) is 14.4. The van der Waals surface area contributed by atoms with Crippen molar-refractivity contribution >= 4 is 5.96 Å². The molecule has 23 heavy (non-hydrogen) atoms. The molecule has 0 bridgehead atoms. The van der Waals surface area contributed by atoms with Crippen molar-refractivity contribution in [3.8, 4) is 0 Å². The molecule has 1 fully saturated rings. The largest absolute Gasteiger partial charge is 0.382 e. The van der Waals surface area contributed by atoms with Gasteiger partial charge in [-0.25, -0.2) is 4.98 Å². The van der Waals surface area contributed by atoms with Gasteiger partial charge < -0.3 is 24.3 Å². The van der Waals surface area contributed by atoms with Gasteiger partial charge in [0.2, 0.25) is 0 Å². The van der Waals surface area contributed by atoms with E-state index in [1.165, 1.54) is 0 Å². The van der Waals surface area contributed by atoms with Crippen LogP contribution < -0.4 is 5.32 Å². The van der Waals surface area contributed by atoms with Gasteiger partial charge in [-0.15, -0.1) is 0 Å². The average molecular weight is 323 g/mol. The molecule has 0 radical (unpaired) electrons. The van der Waals surface area contributed by atoms with E-state index in [1.807, 2.05) is 25.8 Å². The molecule has 1 N–H and O–H groups in total. The first-order valence-corrected chi connectivity index (χ1v) is 8.26. The van der Waals surface area contributed by atoms with Gasteiger partial charge in [-0.1, -0.05) is 6.92 Å². The fourth-order valence-corrected chi connectivity index (χ4v) is 2.91. The molecule has 1 saturated heterocycles. The van der Waals surface area contributed by atoms with Gasteiger partial charge >= 0.3 is 0 Å². The third-order valence-corrected chi connectivity index (χ3v) is 4.30. The van der Waals surface area contributed by atoms with E-state index >= 15 is 0 Å². The molecular formula is C16H29N5O2. The Morgan fingerprint density at radius 3 is 2.96 bits per heavy atom. The SMILES string of the molecule is CN=C(NCCOCCOC)N1CCC(C)C(n2ccnc2)C1.